The van der Waals surface area contributed by atoms with Crippen molar-refractivity contribution in [2.24, 2.45) is 17.8 Å². The van der Waals surface area contributed by atoms with Crippen molar-refractivity contribution in [3.63, 3.8) is 0 Å². The molecular weight excluding hydrogens is 196 g/mol. The number of hydrogen-bond acceptors (Lipinski definition) is 1. The summed E-state index contributed by atoms with van der Waals surface area (Å²) >= 11 is 0. The van der Waals surface area contributed by atoms with Crippen molar-refractivity contribution in [1.82, 2.24) is 0 Å². The van der Waals surface area contributed by atoms with Crippen LogP contribution in [0.2, 0.25) is 0 Å². The predicted octanol–water partition coefficient (Wildman–Crippen LogP) is 3.90. The molecule has 0 radical (unpaired) electrons. The summed E-state index contributed by atoms with van der Waals surface area (Å²) in [5.74, 6) is 1.69. The summed E-state index contributed by atoms with van der Waals surface area (Å²) in [5, 5.41) is 0. The summed E-state index contributed by atoms with van der Waals surface area (Å²) < 4.78 is 0. The van der Waals surface area contributed by atoms with Gasteiger partial charge in [-0.3, -0.25) is 4.79 Å². The first-order valence-corrected chi connectivity index (χ1v) is 6.41. The third-order valence-electron chi connectivity index (χ3n) is 4.44. The Bertz CT molecular complexity index is 362. The zero-order valence-corrected chi connectivity index (χ0v) is 10.7. The van der Waals surface area contributed by atoms with Crippen molar-refractivity contribution in [3.05, 3.63) is 23.3 Å². The number of ketones is 1. The number of allylic oxidation sites excluding steroid dienone is 3. The smallest absolute Gasteiger partial charge is 0.166 e. The molecule has 0 N–H and O–H groups in total. The van der Waals surface area contributed by atoms with Crippen molar-refractivity contribution in [2.75, 3.05) is 0 Å². The summed E-state index contributed by atoms with van der Waals surface area (Å²) in [7, 11) is 0. The number of carbonyl (C=O) groups excluding carboxylic acids is 1. The molecule has 1 fully saturated rings. The maximum atomic E-state index is 12.5. The van der Waals surface area contributed by atoms with Crippen molar-refractivity contribution in [2.45, 2.75) is 46.5 Å². The highest BCUT2D eigenvalue weighted by Crippen LogP contribution is 2.44. The van der Waals surface area contributed by atoms with E-state index in [1.807, 2.05) is 6.92 Å². The first-order valence-electron chi connectivity index (χ1n) is 6.41. The highest BCUT2D eigenvalue weighted by Gasteiger charge is 2.38. The first kappa shape index (κ1) is 11.6. The standard InChI is InChI=1S/C15H22O/c1-9(2)12-7-5-10(3)13-8-6-11(4)14(13)15(12)16/h10,12-13H,1,5-8H2,2-4H3/t10-,12-,13+/m1/s1. The van der Waals surface area contributed by atoms with Crippen LogP contribution in [0.15, 0.2) is 23.3 Å². The largest absolute Gasteiger partial charge is 0.294 e. The highest BCUT2D eigenvalue weighted by molar-refractivity contribution is 6.00. The van der Waals surface area contributed by atoms with Crippen LogP contribution in [0.3, 0.4) is 0 Å². The monoisotopic (exact) mass is 218 g/mol. The van der Waals surface area contributed by atoms with E-state index in [1.165, 1.54) is 18.4 Å². The van der Waals surface area contributed by atoms with Gasteiger partial charge < -0.3 is 0 Å². The summed E-state index contributed by atoms with van der Waals surface area (Å²) in [5.41, 5.74) is 3.55. The van der Waals surface area contributed by atoms with Crippen LogP contribution in [0.25, 0.3) is 0 Å². The average Bonchev–Trinajstić information content (AvgIpc) is 2.53. The van der Waals surface area contributed by atoms with E-state index < -0.39 is 0 Å². The Kier molecular flexibility index (Phi) is 3.05. The lowest BCUT2D eigenvalue weighted by atomic mass is 9.85. The Balaban J connectivity index is 2.38. The van der Waals surface area contributed by atoms with E-state index in [-0.39, 0.29) is 5.92 Å². The molecule has 2 aliphatic carbocycles. The molecule has 2 rings (SSSR count). The molecular formula is C15H22O. The molecule has 0 heterocycles. The Morgan fingerprint density at radius 1 is 1.31 bits per heavy atom. The molecule has 1 nitrogen and oxygen atoms in total. The second kappa shape index (κ2) is 4.20. The van der Waals surface area contributed by atoms with Gasteiger partial charge in [0.15, 0.2) is 5.78 Å². The van der Waals surface area contributed by atoms with E-state index in [4.69, 9.17) is 0 Å². The van der Waals surface area contributed by atoms with Crippen LogP contribution in [0.1, 0.15) is 46.5 Å². The molecule has 3 atom stereocenters. The first-order chi connectivity index (χ1) is 7.52. The van der Waals surface area contributed by atoms with Gasteiger partial charge in [-0.25, -0.2) is 0 Å². The van der Waals surface area contributed by atoms with Gasteiger partial charge in [-0.05, 0) is 56.9 Å². The summed E-state index contributed by atoms with van der Waals surface area (Å²) in [6, 6.07) is 0. The van der Waals surface area contributed by atoms with Gasteiger partial charge in [0.1, 0.15) is 0 Å². The molecule has 88 valence electrons. The molecule has 0 saturated heterocycles. The molecule has 1 heteroatoms. The minimum Gasteiger partial charge on any atom is -0.294 e. The van der Waals surface area contributed by atoms with E-state index in [9.17, 15) is 4.79 Å². The molecule has 0 bridgehead atoms. The molecule has 16 heavy (non-hydrogen) atoms. The van der Waals surface area contributed by atoms with Crippen LogP contribution in [0.4, 0.5) is 0 Å². The van der Waals surface area contributed by atoms with Crippen molar-refractivity contribution >= 4 is 5.78 Å². The third-order valence-corrected chi connectivity index (χ3v) is 4.44. The predicted molar refractivity (Wildman–Crippen MR) is 67.1 cm³/mol. The minimum atomic E-state index is 0.0931. The molecule has 0 aromatic carbocycles. The fraction of sp³-hybridized carbons (Fsp3) is 0.667. The topological polar surface area (TPSA) is 17.1 Å². The van der Waals surface area contributed by atoms with Gasteiger partial charge in [0.05, 0.1) is 0 Å². The van der Waals surface area contributed by atoms with Crippen molar-refractivity contribution in [3.8, 4) is 0 Å². The van der Waals surface area contributed by atoms with Crippen molar-refractivity contribution in [1.29, 1.82) is 0 Å². The van der Waals surface area contributed by atoms with Crippen LogP contribution < -0.4 is 0 Å². The fourth-order valence-corrected chi connectivity index (χ4v) is 3.35. The van der Waals surface area contributed by atoms with Crippen LogP contribution in [-0.2, 0) is 4.79 Å². The number of hydrogen-bond donors (Lipinski definition) is 0. The zero-order valence-electron chi connectivity index (χ0n) is 10.7. The van der Waals surface area contributed by atoms with E-state index in [1.54, 1.807) is 0 Å². The van der Waals surface area contributed by atoms with Crippen LogP contribution in [-0.4, -0.2) is 5.78 Å². The lowest BCUT2D eigenvalue weighted by Gasteiger charge is -2.18. The zero-order chi connectivity index (χ0) is 11.9. The quantitative estimate of drug-likeness (QED) is 0.610. The van der Waals surface area contributed by atoms with Gasteiger partial charge in [0, 0.05) is 5.92 Å². The SMILES string of the molecule is C=C(C)[C@H]1CC[C@@H](C)[C@@H]2CCC(C)=C2C1=O. The fourth-order valence-electron chi connectivity index (χ4n) is 3.35. The summed E-state index contributed by atoms with van der Waals surface area (Å²) in [6.45, 7) is 10.4. The molecule has 1 saturated carbocycles. The Hall–Kier alpha value is -0.850. The van der Waals surface area contributed by atoms with Crippen LogP contribution in [0.5, 0.6) is 0 Å². The van der Waals surface area contributed by atoms with E-state index in [2.05, 4.69) is 20.4 Å². The average molecular weight is 218 g/mol. The summed E-state index contributed by atoms with van der Waals surface area (Å²) in [4.78, 5) is 12.5. The van der Waals surface area contributed by atoms with E-state index in [0.717, 1.165) is 24.0 Å². The highest BCUT2D eigenvalue weighted by atomic mass is 16.1. The second-order valence-electron chi connectivity index (χ2n) is 5.66. The number of carbonyl (C=O) groups is 1. The minimum absolute atomic E-state index is 0.0931. The molecule has 0 amide bonds. The lowest BCUT2D eigenvalue weighted by Crippen LogP contribution is -2.19. The molecule has 0 unspecified atom stereocenters. The Labute approximate surface area is 98.6 Å². The molecule has 0 spiro atoms. The molecule has 0 aliphatic heterocycles. The van der Waals surface area contributed by atoms with Gasteiger partial charge in [-0.2, -0.15) is 0 Å². The maximum Gasteiger partial charge on any atom is 0.166 e. The van der Waals surface area contributed by atoms with Crippen molar-refractivity contribution < 1.29 is 4.79 Å². The Morgan fingerprint density at radius 3 is 2.62 bits per heavy atom. The van der Waals surface area contributed by atoms with Gasteiger partial charge in [-0.1, -0.05) is 24.6 Å². The maximum absolute atomic E-state index is 12.5. The number of Topliss-reactive ketones (excluding diaryl/α,β-unsaturated/α-hetero) is 1. The summed E-state index contributed by atoms with van der Waals surface area (Å²) in [6.07, 6.45) is 4.49. The lowest BCUT2D eigenvalue weighted by molar-refractivity contribution is -0.118. The van der Waals surface area contributed by atoms with E-state index in [0.29, 0.717) is 17.6 Å². The number of fused-ring (bicyclic) bond motifs is 1. The number of rotatable bonds is 1. The molecule has 0 aromatic heterocycles. The second-order valence-corrected chi connectivity index (χ2v) is 5.66. The van der Waals surface area contributed by atoms with Crippen LogP contribution >= 0.6 is 0 Å². The van der Waals surface area contributed by atoms with Crippen LogP contribution in [0, 0.1) is 17.8 Å². The molecule has 0 aromatic rings. The van der Waals surface area contributed by atoms with Gasteiger partial charge in [0.2, 0.25) is 0 Å². The van der Waals surface area contributed by atoms with Gasteiger partial charge in [0.25, 0.3) is 0 Å². The van der Waals surface area contributed by atoms with Gasteiger partial charge >= 0.3 is 0 Å². The Morgan fingerprint density at radius 2 is 2.00 bits per heavy atom. The van der Waals surface area contributed by atoms with E-state index >= 15 is 0 Å². The third kappa shape index (κ3) is 1.77. The van der Waals surface area contributed by atoms with Gasteiger partial charge in [-0.15, -0.1) is 0 Å². The normalized spacial score (nSPS) is 34.9. The molecule has 2 aliphatic rings.